The van der Waals surface area contributed by atoms with Gasteiger partial charge in [-0.05, 0) is 73.8 Å². The number of hydrogen-bond donors (Lipinski definition) is 4. The number of aliphatic hydroxyl groups excluding tert-OH is 2. The third-order valence-electron chi connectivity index (χ3n) is 4.67. The zero-order valence-corrected chi connectivity index (χ0v) is 19.0. The molecule has 0 aliphatic carbocycles. The molecule has 1 aliphatic heterocycles. The van der Waals surface area contributed by atoms with Crippen molar-refractivity contribution >= 4 is 60.9 Å². The van der Waals surface area contributed by atoms with Gasteiger partial charge >= 0.3 is 0 Å². The maximum absolute atomic E-state index is 12.7. The average molecular weight is 540 g/mol. The van der Waals surface area contributed by atoms with Crippen LogP contribution >= 0.6 is 31.9 Å². The Morgan fingerprint density at radius 3 is 2.30 bits per heavy atom. The van der Waals surface area contributed by atoms with Crippen LogP contribution in [-0.2, 0) is 4.79 Å². The van der Waals surface area contributed by atoms with Crippen molar-refractivity contribution in [2.24, 2.45) is 0 Å². The molecule has 0 bridgehead atoms. The molecule has 158 valence electrons. The van der Waals surface area contributed by atoms with Crippen LogP contribution in [0.4, 0.5) is 5.69 Å². The van der Waals surface area contributed by atoms with Gasteiger partial charge in [-0.15, -0.1) is 0 Å². The number of ketones is 1. The van der Waals surface area contributed by atoms with Gasteiger partial charge < -0.3 is 20.6 Å². The largest absolute Gasteiger partial charge is 0.506 e. The Kier molecular flexibility index (Phi) is 7.43. The first-order valence-electron chi connectivity index (χ1n) is 9.16. The summed E-state index contributed by atoms with van der Waals surface area (Å²) in [5.41, 5.74) is 2.76. The van der Waals surface area contributed by atoms with Crippen LogP contribution in [0.2, 0.25) is 0 Å². The Morgan fingerprint density at radius 2 is 1.70 bits per heavy atom. The van der Waals surface area contributed by atoms with Gasteiger partial charge in [0.15, 0.2) is 5.78 Å². The summed E-state index contributed by atoms with van der Waals surface area (Å²) in [7, 11) is 0. The maximum atomic E-state index is 12.7. The van der Waals surface area contributed by atoms with E-state index in [0.29, 0.717) is 36.9 Å². The van der Waals surface area contributed by atoms with E-state index < -0.39 is 0 Å². The van der Waals surface area contributed by atoms with Crippen molar-refractivity contribution in [1.82, 2.24) is 4.90 Å². The van der Waals surface area contributed by atoms with Crippen molar-refractivity contribution in [2.75, 3.05) is 38.2 Å². The molecule has 0 spiro atoms. The number of benzene rings is 2. The van der Waals surface area contributed by atoms with Crippen molar-refractivity contribution < 1.29 is 24.9 Å². The van der Waals surface area contributed by atoms with E-state index >= 15 is 0 Å². The Bertz CT molecular complexity index is 993. The lowest BCUT2D eigenvalue weighted by Crippen LogP contribution is -2.34. The number of anilines is 1. The highest BCUT2D eigenvalue weighted by atomic mass is 79.9. The summed E-state index contributed by atoms with van der Waals surface area (Å²) in [5.74, 6) is -0.387. The second-order valence-electron chi connectivity index (χ2n) is 6.75. The number of carbonyl (C=O) groups is 2. The molecule has 1 aliphatic rings. The molecule has 1 heterocycles. The molecular weight excluding hydrogens is 520 g/mol. The fourth-order valence-electron chi connectivity index (χ4n) is 3.19. The molecule has 2 aromatic carbocycles. The summed E-state index contributed by atoms with van der Waals surface area (Å²) >= 11 is 6.55. The monoisotopic (exact) mass is 538 g/mol. The van der Waals surface area contributed by atoms with E-state index in [1.165, 1.54) is 0 Å². The van der Waals surface area contributed by atoms with Gasteiger partial charge in [0.25, 0.3) is 5.91 Å². The number of rotatable bonds is 8. The number of Topliss-reactive ketones (excluding diaryl/α,β-unsaturated/α-hetero) is 1. The molecule has 0 fully saturated rings. The molecule has 0 saturated heterocycles. The number of carbonyl (C=O) groups excluding carboxylic acids is 2. The number of phenolic OH excluding ortho intramolecular Hbond substituents is 1. The summed E-state index contributed by atoms with van der Waals surface area (Å²) < 4.78 is 0.971. The number of hydrogen-bond acceptors (Lipinski definition) is 6. The first-order valence-corrected chi connectivity index (χ1v) is 10.8. The minimum Gasteiger partial charge on any atom is -0.506 e. The lowest BCUT2D eigenvalue weighted by atomic mass is 10.00. The van der Waals surface area contributed by atoms with E-state index in [9.17, 15) is 14.7 Å². The van der Waals surface area contributed by atoms with Crippen molar-refractivity contribution in [3.63, 3.8) is 0 Å². The van der Waals surface area contributed by atoms with Crippen LogP contribution in [0.1, 0.15) is 21.5 Å². The number of aromatic hydroxyl groups is 1. The number of aliphatic hydroxyl groups is 2. The molecule has 30 heavy (non-hydrogen) atoms. The van der Waals surface area contributed by atoms with Gasteiger partial charge in [0.1, 0.15) is 5.75 Å². The number of amides is 1. The van der Waals surface area contributed by atoms with Gasteiger partial charge in [-0.3, -0.25) is 14.5 Å². The molecule has 0 unspecified atom stereocenters. The SMILES string of the molecule is O=C1Nc2ccc(C(=O)CN(CCO)CCO)cc2C1=Cc1cc(Br)c(O)c(Br)c1. The molecule has 0 aromatic heterocycles. The Hall–Kier alpha value is -2.04. The summed E-state index contributed by atoms with van der Waals surface area (Å²) in [6.45, 7) is 0.402. The van der Waals surface area contributed by atoms with E-state index in [4.69, 9.17) is 10.2 Å². The standard InChI is InChI=1S/C21H20Br2N2O5/c22-16-8-12(9-17(23)20(16)29)7-15-14-10-13(1-2-18(14)24-21(15)30)19(28)11-25(3-5-26)4-6-27/h1-2,7-10,26-27,29H,3-6,11H2,(H,24,30). The third kappa shape index (κ3) is 4.98. The molecule has 3 rings (SSSR count). The second-order valence-corrected chi connectivity index (χ2v) is 8.46. The second kappa shape index (κ2) is 9.84. The first kappa shape index (κ1) is 22.6. The summed E-state index contributed by atoms with van der Waals surface area (Å²) in [6.07, 6.45) is 1.69. The van der Waals surface area contributed by atoms with Crippen molar-refractivity contribution in [1.29, 1.82) is 0 Å². The maximum Gasteiger partial charge on any atom is 0.256 e. The number of fused-ring (bicyclic) bond motifs is 1. The smallest absolute Gasteiger partial charge is 0.256 e. The highest BCUT2D eigenvalue weighted by Gasteiger charge is 2.26. The van der Waals surface area contributed by atoms with Crippen LogP contribution < -0.4 is 5.32 Å². The Labute approximate surface area is 190 Å². The predicted molar refractivity (Wildman–Crippen MR) is 121 cm³/mol. The van der Waals surface area contributed by atoms with E-state index in [1.54, 1.807) is 41.3 Å². The molecule has 1 amide bonds. The minimum absolute atomic E-state index is 0.0538. The zero-order valence-electron chi connectivity index (χ0n) is 15.9. The van der Waals surface area contributed by atoms with Gasteiger partial charge in [0.05, 0.1) is 28.7 Å². The number of nitrogens with zero attached hydrogens (tertiary/aromatic N) is 1. The summed E-state index contributed by atoms with van der Waals surface area (Å²) in [4.78, 5) is 26.9. The molecular formula is C21H20Br2N2O5. The van der Waals surface area contributed by atoms with E-state index in [0.717, 1.165) is 0 Å². The molecule has 0 radical (unpaired) electrons. The van der Waals surface area contributed by atoms with Crippen LogP contribution in [0.3, 0.4) is 0 Å². The van der Waals surface area contributed by atoms with Crippen molar-refractivity contribution in [3.05, 3.63) is 56.0 Å². The van der Waals surface area contributed by atoms with Crippen LogP contribution in [-0.4, -0.2) is 64.8 Å². The third-order valence-corrected chi connectivity index (χ3v) is 5.88. The highest BCUT2D eigenvalue weighted by molar-refractivity contribution is 9.11. The van der Waals surface area contributed by atoms with Gasteiger partial charge in [-0.25, -0.2) is 0 Å². The minimum atomic E-state index is -0.280. The normalized spacial score (nSPS) is 14.3. The van der Waals surface area contributed by atoms with Crippen LogP contribution in [0.25, 0.3) is 11.6 Å². The van der Waals surface area contributed by atoms with Crippen molar-refractivity contribution in [2.45, 2.75) is 0 Å². The first-order chi connectivity index (χ1) is 14.3. The Balaban J connectivity index is 1.92. The quantitative estimate of drug-likeness (QED) is 0.303. The van der Waals surface area contributed by atoms with Crippen LogP contribution in [0, 0.1) is 0 Å². The predicted octanol–water partition coefficient (Wildman–Crippen LogP) is 2.88. The van der Waals surface area contributed by atoms with Gasteiger partial charge in [0.2, 0.25) is 0 Å². The molecule has 7 nitrogen and oxygen atoms in total. The highest BCUT2D eigenvalue weighted by Crippen LogP contribution is 2.37. The number of nitrogens with one attached hydrogen (secondary N) is 1. The molecule has 0 saturated carbocycles. The van der Waals surface area contributed by atoms with E-state index in [1.807, 2.05) is 0 Å². The van der Waals surface area contributed by atoms with E-state index in [-0.39, 0.29) is 50.3 Å². The van der Waals surface area contributed by atoms with Crippen molar-refractivity contribution in [3.8, 4) is 5.75 Å². The fourth-order valence-corrected chi connectivity index (χ4v) is 4.41. The summed E-state index contributed by atoms with van der Waals surface area (Å²) in [5, 5.41) is 30.9. The van der Waals surface area contributed by atoms with Gasteiger partial charge in [-0.2, -0.15) is 0 Å². The Morgan fingerprint density at radius 1 is 1.07 bits per heavy atom. The molecule has 9 heteroatoms. The number of phenols is 1. The molecule has 4 N–H and O–H groups in total. The molecule has 2 aromatic rings. The molecule has 0 atom stereocenters. The van der Waals surface area contributed by atoms with Crippen LogP contribution in [0.15, 0.2) is 39.3 Å². The van der Waals surface area contributed by atoms with E-state index in [2.05, 4.69) is 37.2 Å². The lowest BCUT2D eigenvalue weighted by molar-refractivity contribution is -0.110. The fraction of sp³-hybridized carbons (Fsp3) is 0.238. The van der Waals surface area contributed by atoms with Crippen LogP contribution in [0.5, 0.6) is 5.75 Å². The topological polar surface area (TPSA) is 110 Å². The zero-order chi connectivity index (χ0) is 21.8. The lowest BCUT2D eigenvalue weighted by Gasteiger charge is -2.19. The average Bonchev–Trinajstić information content (AvgIpc) is 3.01. The van der Waals surface area contributed by atoms with Gasteiger partial charge in [0, 0.05) is 35.5 Å². The summed E-state index contributed by atoms with van der Waals surface area (Å²) in [6, 6.07) is 8.38. The number of halogens is 2. The van der Waals surface area contributed by atoms with Gasteiger partial charge in [-0.1, -0.05) is 0 Å².